The number of aromatic nitrogens is 1. The number of nitrogens with two attached hydrogens (primary N) is 1. The molecule has 22 heavy (non-hydrogen) atoms. The van der Waals surface area contributed by atoms with Gasteiger partial charge in [0.25, 0.3) is 0 Å². The number of allylic oxidation sites excluding steroid dienone is 1. The first-order chi connectivity index (χ1) is 10.3. The molecular formula is C17H19F2N3. The molecule has 0 saturated carbocycles. The average Bonchev–Trinajstić information content (AvgIpc) is 2.41. The lowest BCUT2D eigenvalue weighted by Gasteiger charge is -1.99. The average molecular weight is 303 g/mol. The zero-order valence-corrected chi connectivity index (χ0v) is 12.9. The van der Waals surface area contributed by atoms with E-state index in [0.29, 0.717) is 6.07 Å². The molecule has 0 spiro atoms. The standard InChI is InChI=1S/C13H11F2N3.C4H8/c1-8-3-2-4-9(5-8)7-17-13-11(15)6-10(14)12(16)18-13;1-4(2)3/h2-7H,1H3,(H2,16,18);1H2,2-3H3/b17-7-;. The highest BCUT2D eigenvalue weighted by molar-refractivity contribution is 5.81. The maximum atomic E-state index is 13.3. The van der Waals surface area contributed by atoms with Crippen molar-refractivity contribution < 1.29 is 8.78 Å². The molecule has 1 aromatic heterocycles. The molecule has 3 nitrogen and oxygen atoms in total. The quantitative estimate of drug-likeness (QED) is 0.652. The monoisotopic (exact) mass is 303 g/mol. The van der Waals surface area contributed by atoms with Crippen LogP contribution in [0.15, 0.2) is 47.5 Å². The fourth-order valence-corrected chi connectivity index (χ4v) is 1.45. The van der Waals surface area contributed by atoms with Gasteiger partial charge in [0.05, 0.1) is 0 Å². The Morgan fingerprint density at radius 2 is 1.86 bits per heavy atom. The van der Waals surface area contributed by atoms with E-state index in [9.17, 15) is 8.78 Å². The number of benzene rings is 1. The Labute approximate surface area is 129 Å². The van der Waals surface area contributed by atoms with E-state index in [1.807, 2.05) is 45.0 Å². The lowest BCUT2D eigenvalue weighted by molar-refractivity contribution is 0.579. The van der Waals surface area contributed by atoms with Crippen LogP contribution in [0, 0.1) is 18.6 Å². The van der Waals surface area contributed by atoms with Crippen molar-refractivity contribution in [1.82, 2.24) is 4.98 Å². The Morgan fingerprint density at radius 1 is 1.23 bits per heavy atom. The lowest BCUT2D eigenvalue weighted by Crippen LogP contribution is -1.96. The van der Waals surface area contributed by atoms with Crippen molar-refractivity contribution in [2.24, 2.45) is 4.99 Å². The van der Waals surface area contributed by atoms with Crippen molar-refractivity contribution in [2.75, 3.05) is 5.73 Å². The fourth-order valence-electron chi connectivity index (χ4n) is 1.45. The van der Waals surface area contributed by atoms with Crippen LogP contribution >= 0.6 is 0 Å². The Bertz CT molecular complexity index is 690. The second-order valence-corrected chi connectivity index (χ2v) is 5.04. The summed E-state index contributed by atoms with van der Waals surface area (Å²) in [7, 11) is 0. The van der Waals surface area contributed by atoms with Crippen LogP contribution in [0.1, 0.15) is 25.0 Å². The third-order valence-electron chi connectivity index (χ3n) is 2.32. The van der Waals surface area contributed by atoms with E-state index < -0.39 is 11.6 Å². The highest BCUT2D eigenvalue weighted by Crippen LogP contribution is 2.19. The van der Waals surface area contributed by atoms with Gasteiger partial charge in [-0.05, 0) is 26.3 Å². The third kappa shape index (κ3) is 5.83. The molecule has 2 aromatic rings. The Kier molecular flexibility index (Phi) is 6.38. The number of rotatable bonds is 2. The topological polar surface area (TPSA) is 51.3 Å². The van der Waals surface area contributed by atoms with Gasteiger partial charge in [0.1, 0.15) is 0 Å². The molecule has 2 rings (SSSR count). The van der Waals surface area contributed by atoms with Crippen molar-refractivity contribution >= 4 is 17.9 Å². The zero-order valence-electron chi connectivity index (χ0n) is 12.9. The van der Waals surface area contributed by atoms with Gasteiger partial charge in [0.15, 0.2) is 23.3 Å². The van der Waals surface area contributed by atoms with E-state index in [2.05, 4.69) is 16.6 Å². The minimum absolute atomic E-state index is 0.226. The highest BCUT2D eigenvalue weighted by atomic mass is 19.1. The van der Waals surface area contributed by atoms with E-state index in [0.717, 1.165) is 11.1 Å². The van der Waals surface area contributed by atoms with Gasteiger partial charge in [-0.2, -0.15) is 0 Å². The molecule has 0 radical (unpaired) electrons. The number of nitrogens with zero attached hydrogens (tertiary/aromatic N) is 2. The number of nitrogen functional groups attached to an aromatic ring is 1. The molecule has 0 unspecified atom stereocenters. The molecule has 116 valence electrons. The number of aliphatic imine (C=N–C) groups is 1. The van der Waals surface area contributed by atoms with Crippen molar-refractivity contribution in [3.63, 3.8) is 0 Å². The van der Waals surface area contributed by atoms with Gasteiger partial charge in [0, 0.05) is 12.3 Å². The van der Waals surface area contributed by atoms with Crippen LogP contribution < -0.4 is 5.73 Å². The maximum Gasteiger partial charge on any atom is 0.190 e. The second kappa shape index (κ2) is 8.02. The summed E-state index contributed by atoms with van der Waals surface area (Å²) in [6.45, 7) is 9.44. The second-order valence-electron chi connectivity index (χ2n) is 5.04. The molecule has 0 amide bonds. The molecule has 0 bridgehead atoms. The number of pyridine rings is 1. The first-order valence-electron chi connectivity index (χ1n) is 6.64. The van der Waals surface area contributed by atoms with E-state index in [-0.39, 0.29) is 11.6 Å². The lowest BCUT2D eigenvalue weighted by atomic mass is 10.1. The summed E-state index contributed by atoms with van der Waals surface area (Å²) in [6, 6.07) is 8.17. The van der Waals surface area contributed by atoms with Crippen LogP contribution in [-0.4, -0.2) is 11.2 Å². The van der Waals surface area contributed by atoms with Crippen LogP contribution in [0.3, 0.4) is 0 Å². The number of halogens is 2. The molecule has 0 aliphatic rings. The summed E-state index contributed by atoms with van der Waals surface area (Å²) in [5.74, 6) is -2.32. The van der Waals surface area contributed by atoms with E-state index in [4.69, 9.17) is 5.73 Å². The van der Waals surface area contributed by atoms with E-state index >= 15 is 0 Å². The molecule has 1 aromatic carbocycles. The molecule has 2 N–H and O–H groups in total. The van der Waals surface area contributed by atoms with Gasteiger partial charge >= 0.3 is 0 Å². The SMILES string of the molecule is C=C(C)C.Cc1cccc(/C=N\c2nc(N)c(F)cc2F)c1. The maximum absolute atomic E-state index is 13.3. The smallest absolute Gasteiger partial charge is 0.190 e. The predicted molar refractivity (Wildman–Crippen MR) is 87.5 cm³/mol. The fraction of sp³-hybridized carbons (Fsp3) is 0.176. The van der Waals surface area contributed by atoms with Gasteiger partial charge in [-0.3, -0.25) is 0 Å². The Morgan fingerprint density at radius 3 is 2.45 bits per heavy atom. The number of aryl methyl sites for hydroxylation is 1. The summed E-state index contributed by atoms with van der Waals surface area (Å²) in [6.07, 6.45) is 1.45. The Hall–Kier alpha value is -2.56. The number of hydrogen-bond donors (Lipinski definition) is 1. The van der Waals surface area contributed by atoms with Gasteiger partial charge < -0.3 is 5.73 Å². The summed E-state index contributed by atoms with van der Waals surface area (Å²) in [5, 5.41) is 0. The van der Waals surface area contributed by atoms with Crippen molar-refractivity contribution in [3.05, 3.63) is 65.2 Å². The van der Waals surface area contributed by atoms with Gasteiger partial charge in [-0.15, -0.1) is 6.58 Å². The van der Waals surface area contributed by atoms with Crippen LogP contribution in [0.4, 0.5) is 20.4 Å². The van der Waals surface area contributed by atoms with Gasteiger partial charge in [-0.1, -0.05) is 35.4 Å². The molecule has 0 atom stereocenters. The first-order valence-corrected chi connectivity index (χ1v) is 6.64. The predicted octanol–water partition coefficient (Wildman–Crippen LogP) is 4.58. The summed E-state index contributed by atoms with van der Waals surface area (Å²) in [5.41, 5.74) is 8.29. The van der Waals surface area contributed by atoms with Crippen LogP contribution in [0.2, 0.25) is 0 Å². The van der Waals surface area contributed by atoms with Crippen molar-refractivity contribution in [1.29, 1.82) is 0 Å². The van der Waals surface area contributed by atoms with E-state index in [1.165, 1.54) is 11.8 Å². The molecule has 0 fully saturated rings. The molecule has 0 saturated heterocycles. The number of hydrogen-bond acceptors (Lipinski definition) is 3. The summed E-state index contributed by atoms with van der Waals surface area (Å²) >= 11 is 0. The minimum Gasteiger partial charge on any atom is -0.381 e. The minimum atomic E-state index is -0.887. The molecule has 0 aliphatic carbocycles. The van der Waals surface area contributed by atoms with Crippen LogP contribution in [-0.2, 0) is 0 Å². The summed E-state index contributed by atoms with van der Waals surface area (Å²) < 4.78 is 26.2. The first kappa shape index (κ1) is 17.5. The van der Waals surface area contributed by atoms with Gasteiger partial charge in [0.2, 0.25) is 0 Å². The third-order valence-corrected chi connectivity index (χ3v) is 2.32. The number of anilines is 1. The van der Waals surface area contributed by atoms with Crippen LogP contribution in [0.25, 0.3) is 0 Å². The Balaban J connectivity index is 0.000000541. The molecular weight excluding hydrogens is 284 g/mol. The zero-order chi connectivity index (χ0) is 16.7. The molecule has 1 heterocycles. The summed E-state index contributed by atoms with van der Waals surface area (Å²) in [4.78, 5) is 7.40. The largest absolute Gasteiger partial charge is 0.381 e. The van der Waals surface area contributed by atoms with Crippen molar-refractivity contribution in [2.45, 2.75) is 20.8 Å². The van der Waals surface area contributed by atoms with Crippen molar-refractivity contribution in [3.8, 4) is 0 Å². The van der Waals surface area contributed by atoms with Gasteiger partial charge in [-0.25, -0.2) is 18.8 Å². The molecule has 0 aliphatic heterocycles. The molecule has 5 heteroatoms. The van der Waals surface area contributed by atoms with Crippen LogP contribution in [0.5, 0.6) is 0 Å². The highest BCUT2D eigenvalue weighted by Gasteiger charge is 2.07. The normalized spacial score (nSPS) is 10.2. The van der Waals surface area contributed by atoms with E-state index in [1.54, 1.807) is 0 Å².